The van der Waals surface area contributed by atoms with E-state index in [9.17, 15) is 4.79 Å². The Balaban J connectivity index is 0.00000132. The number of halogens is 2. The van der Waals surface area contributed by atoms with Gasteiger partial charge in [-0.3, -0.25) is 4.79 Å². The highest BCUT2D eigenvalue weighted by Gasteiger charge is 2.28. The number of amides is 1. The van der Waals surface area contributed by atoms with E-state index in [1.807, 2.05) is 0 Å². The Labute approximate surface area is 152 Å². The van der Waals surface area contributed by atoms with E-state index in [0.717, 1.165) is 32.6 Å². The summed E-state index contributed by atoms with van der Waals surface area (Å²) in [5, 5.41) is 3.25. The highest BCUT2D eigenvalue weighted by molar-refractivity contribution is 5.85. The summed E-state index contributed by atoms with van der Waals surface area (Å²) in [5.41, 5.74) is 0. The fourth-order valence-electron chi connectivity index (χ4n) is 3.71. The van der Waals surface area contributed by atoms with Crippen molar-refractivity contribution in [2.75, 3.05) is 66.0 Å². The molecular weight excluding hydrogens is 335 g/mol. The number of piperazine rings is 1. The third kappa shape index (κ3) is 6.05. The molecule has 3 heterocycles. The monoisotopic (exact) mass is 366 g/mol. The molecule has 3 rings (SSSR count). The van der Waals surface area contributed by atoms with Gasteiger partial charge in [0, 0.05) is 52.2 Å². The quantitative estimate of drug-likeness (QED) is 0.802. The maximum atomic E-state index is 12.4. The molecule has 0 aromatic rings. The summed E-state index contributed by atoms with van der Waals surface area (Å²) >= 11 is 0. The maximum absolute atomic E-state index is 12.4. The fourth-order valence-corrected chi connectivity index (χ4v) is 3.71. The molecule has 7 heteroatoms. The van der Waals surface area contributed by atoms with Crippen LogP contribution in [0, 0.1) is 11.8 Å². The number of rotatable bonds is 4. The Hall–Kier alpha value is -0.0700. The number of likely N-dealkylation sites (tertiary alicyclic amines) is 1. The average molecular weight is 367 g/mol. The van der Waals surface area contributed by atoms with Gasteiger partial charge >= 0.3 is 0 Å². The van der Waals surface area contributed by atoms with Crippen LogP contribution in [0.25, 0.3) is 0 Å². The predicted molar refractivity (Wildman–Crippen MR) is 98.7 cm³/mol. The number of hydrogen-bond donors (Lipinski definition) is 1. The van der Waals surface area contributed by atoms with Crippen molar-refractivity contribution in [1.29, 1.82) is 0 Å². The molecule has 1 N–H and O–H groups in total. The molecule has 1 unspecified atom stereocenters. The van der Waals surface area contributed by atoms with Crippen molar-refractivity contribution in [2.24, 2.45) is 11.8 Å². The average Bonchev–Trinajstić information content (AvgIpc) is 2.45. The van der Waals surface area contributed by atoms with E-state index in [1.54, 1.807) is 0 Å². The summed E-state index contributed by atoms with van der Waals surface area (Å²) in [6.45, 7) is 9.97. The molecule has 0 bridgehead atoms. The first kappa shape index (κ1) is 21.0. The molecule has 5 nitrogen and oxygen atoms in total. The van der Waals surface area contributed by atoms with Crippen LogP contribution in [0.5, 0.6) is 0 Å². The molecular formula is C16H32Cl2N4O. The Kier molecular flexibility index (Phi) is 9.16. The normalized spacial score (nSPS) is 26.8. The molecule has 3 saturated heterocycles. The number of piperidine rings is 1. The maximum Gasteiger partial charge on any atom is 0.222 e. The largest absolute Gasteiger partial charge is 0.342 e. The zero-order valence-electron chi connectivity index (χ0n) is 14.2. The van der Waals surface area contributed by atoms with E-state index in [4.69, 9.17) is 0 Å². The lowest BCUT2D eigenvalue weighted by Gasteiger charge is -2.39. The van der Waals surface area contributed by atoms with E-state index in [-0.39, 0.29) is 24.8 Å². The highest BCUT2D eigenvalue weighted by Crippen LogP contribution is 2.20. The van der Waals surface area contributed by atoms with E-state index >= 15 is 0 Å². The first-order valence-corrected chi connectivity index (χ1v) is 8.60. The number of hydrogen-bond acceptors (Lipinski definition) is 4. The van der Waals surface area contributed by atoms with Crippen LogP contribution in [0.15, 0.2) is 0 Å². The Morgan fingerprint density at radius 3 is 2.35 bits per heavy atom. The first-order chi connectivity index (χ1) is 10.2. The molecule has 3 fully saturated rings. The number of carbonyl (C=O) groups excluding carboxylic acids is 1. The molecule has 0 aliphatic carbocycles. The summed E-state index contributed by atoms with van der Waals surface area (Å²) in [6.07, 6.45) is 3.24. The smallest absolute Gasteiger partial charge is 0.222 e. The molecule has 0 aromatic carbocycles. The molecule has 0 aromatic heterocycles. The number of nitrogens with one attached hydrogen (secondary N) is 1. The van der Waals surface area contributed by atoms with E-state index in [2.05, 4.69) is 27.1 Å². The van der Waals surface area contributed by atoms with Crippen molar-refractivity contribution in [2.45, 2.75) is 19.3 Å². The lowest BCUT2D eigenvalue weighted by atomic mass is 9.94. The molecule has 23 heavy (non-hydrogen) atoms. The second kappa shape index (κ2) is 10.0. The molecule has 0 spiro atoms. The van der Waals surface area contributed by atoms with Crippen LogP contribution in [0.1, 0.15) is 19.3 Å². The summed E-state index contributed by atoms with van der Waals surface area (Å²) < 4.78 is 0. The van der Waals surface area contributed by atoms with Gasteiger partial charge < -0.3 is 20.0 Å². The SMILES string of the molecule is CN1CCN(CC2CCCN(C(=O)CC3CNC3)C2)CC1.Cl.Cl. The van der Waals surface area contributed by atoms with Crippen LogP contribution in [-0.2, 0) is 4.79 Å². The highest BCUT2D eigenvalue weighted by atomic mass is 35.5. The van der Waals surface area contributed by atoms with Crippen molar-refractivity contribution < 1.29 is 4.79 Å². The van der Waals surface area contributed by atoms with Gasteiger partial charge in [0.1, 0.15) is 0 Å². The number of carbonyl (C=O) groups is 1. The van der Waals surface area contributed by atoms with Gasteiger partial charge in [-0.25, -0.2) is 0 Å². The molecule has 1 atom stereocenters. The molecule has 3 aliphatic rings. The van der Waals surface area contributed by atoms with Crippen LogP contribution < -0.4 is 5.32 Å². The van der Waals surface area contributed by atoms with Gasteiger partial charge in [0.15, 0.2) is 0 Å². The summed E-state index contributed by atoms with van der Waals surface area (Å²) in [6, 6.07) is 0. The summed E-state index contributed by atoms with van der Waals surface area (Å²) in [7, 11) is 2.20. The minimum atomic E-state index is 0. The Morgan fingerprint density at radius 1 is 1.04 bits per heavy atom. The standard InChI is InChI=1S/C16H30N4O.2ClH/c1-18-5-7-19(8-6-18)12-14-3-2-4-20(13-14)16(21)9-15-10-17-11-15;;/h14-15,17H,2-13H2,1H3;2*1H. The molecule has 1 amide bonds. The Bertz CT molecular complexity index is 360. The third-order valence-corrected chi connectivity index (χ3v) is 5.31. The van der Waals surface area contributed by atoms with Crippen molar-refractivity contribution in [3.05, 3.63) is 0 Å². The van der Waals surface area contributed by atoms with Crippen LogP contribution in [0.2, 0.25) is 0 Å². The van der Waals surface area contributed by atoms with E-state index in [0.29, 0.717) is 17.7 Å². The summed E-state index contributed by atoms with van der Waals surface area (Å²) in [5.74, 6) is 1.67. The van der Waals surface area contributed by atoms with Gasteiger partial charge in [0.2, 0.25) is 5.91 Å². The van der Waals surface area contributed by atoms with Crippen LogP contribution in [0.3, 0.4) is 0 Å². The van der Waals surface area contributed by atoms with Crippen molar-refractivity contribution in [1.82, 2.24) is 20.0 Å². The predicted octanol–water partition coefficient (Wildman–Crippen LogP) is 0.925. The van der Waals surface area contributed by atoms with Gasteiger partial charge in [-0.2, -0.15) is 0 Å². The lowest BCUT2D eigenvalue weighted by Crippen LogP contribution is -2.50. The zero-order chi connectivity index (χ0) is 14.7. The van der Waals surface area contributed by atoms with Crippen molar-refractivity contribution in [3.8, 4) is 0 Å². The van der Waals surface area contributed by atoms with Crippen molar-refractivity contribution >= 4 is 30.7 Å². The van der Waals surface area contributed by atoms with E-state index in [1.165, 1.54) is 45.6 Å². The number of likely N-dealkylation sites (N-methyl/N-ethyl adjacent to an activating group) is 1. The lowest BCUT2D eigenvalue weighted by molar-refractivity contribution is -0.134. The van der Waals surface area contributed by atoms with Crippen LogP contribution in [-0.4, -0.2) is 86.6 Å². The second-order valence-electron chi connectivity index (χ2n) is 7.18. The van der Waals surface area contributed by atoms with Gasteiger partial charge in [-0.1, -0.05) is 0 Å². The topological polar surface area (TPSA) is 38.8 Å². The second-order valence-corrected chi connectivity index (χ2v) is 7.18. The van der Waals surface area contributed by atoms with Gasteiger partial charge in [-0.05, 0) is 44.8 Å². The molecule has 0 radical (unpaired) electrons. The van der Waals surface area contributed by atoms with Crippen molar-refractivity contribution in [3.63, 3.8) is 0 Å². The summed E-state index contributed by atoms with van der Waals surface area (Å²) in [4.78, 5) is 19.5. The minimum Gasteiger partial charge on any atom is -0.342 e. The molecule has 3 aliphatic heterocycles. The zero-order valence-corrected chi connectivity index (χ0v) is 15.8. The van der Waals surface area contributed by atoms with Gasteiger partial charge in [0.25, 0.3) is 0 Å². The molecule has 136 valence electrons. The Morgan fingerprint density at radius 2 is 1.74 bits per heavy atom. The van der Waals surface area contributed by atoms with Crippen LogP contribution in [0.4, 0.5) is 0 Å². The molecule has 0 saturated carbocycles. The van der Waals surface area contributed by atoms with Crippen LogP contribution >= 0.6 is 24.8 Å². The fraction of sp³-hybridized carbons (Fsp3) is 0.938. The van der Waals surface area contributed by atoms with Gasteiger partial charge in [-0.15, -0.1) is 24.8 Å². The minimum absolute atomic E-state index is 0. The first-order valence-electron chi connectivity index (χ1n) is 8.60. The number of nitrogens with zero attached hydrogens (tertiary/aromatic N) is 3. The third-order valence-electron chi connectivity index (χ3n) is 5.31. The van der Waals surface area contributed by atoms with E-state index < -0.39 is 0 Å². The van der Waals surface area contributed by atoms with Gasteiger partial charge in [0.05, 0.1) is 0 Å².